The first-order valence-corrected chi connectivity index (χ1v) is 7.16. The van der Waals surface area contributed by atoms with Gasteiger partial charge in [-0.25, -0.2) is 14.2 Å². The standard InChI is InChI=1S/C18H13F2N3O/c19-15-8-7-13(11-16(15)20)12-21-22-18(24)14-5-1-2-6-17(14)23-9-3-4-10-23/h1-12H,(H,22,24)/b21-12-. The Bertz CT molecular complexity index is 889. The van der Waals surface area contributed by atoms with Crippen molar-refractivity contribution < 1.29 is 13.6 Å². The molecular formula is C18H13F2N3O. The minimum atomic E-state index is -0.969. The zero-order chi connectivity index (χ0) is 16.9. The number of nitrogens with zero attached hydrogens (tertiary/aromatic N) is 2. The van der Waals surface area contributed by atoms with E-state index >= 15 is 0 Å². The minimum absolute atomic E-state index is 0.341. The average molecular weight is 325 g/mol. The zero-order valence-electron chi connectivity index (χ0n) is 12.5. The van der Waals surface area contributed by atoms with Crippen molar-refractivity contribution in [3.05, 3.63) is 89.8 Å². The third-order valence-electron chi connectivity index (χ3n) is 3.35. The maximum absolute atomic E-state index is 13.1. The average Bonchev–Trinajstić information content (AvgIpc) is 3.12. The first-order chi connectivity index (χ1) is 11.6. The fourth-order valence-corrected chi connectivity index (χ4v) is 2.20. The minimum Gasteiger partial charge on any atom is -0.323 e. The van der Waals surface area contributed by atoms with Crippen molar-refractivity contribution in [1.29, 1.82) is 0 Å². The molecule has 1 heterocycles. The summed E-state index contributed by atoms with van der Waals surface area (Å²) in [4.78, 5) is 12.3. The molecule has 6 heteroatoms. The number of hydrogen-bond acceptors (Lipinski definition) is 2. The number of para-hydroxylation sites is 1. The Balaban J connectivity index is 1.76. The lowest BCUT2D eigenvalue weighted by atomic mass is 10.1. The van der Waals surface area contributed by atoms with Crippen LogP contribution in [0.3, 0.4) is 0 Å². The molecule has 0 radical (unpaired) electrons. The summed E-state index contributed by atoms with van der Waals surface area (Å²) < 4.78 is 27.8. The summed E-state index contributed by atoms with van der Waals surface area (Å²) in [5.74, 6) is -2.31. The lowest BCUT2D eigenvalue weighted by molar-refractivity contribution is 0.0955. The van der Waals surface area contributed by atoms with E-state index in [-0.39, 0.29) is 0 Å². The molecule has 0 fully saturated rings. The molecule has 3 aromatic rings. The van der Waals surface area contributed by atoms with E-state index in [1.54, 1.807) is 12.1 Å². The molecular weight excluding hydrogens is 312 g/mol. The van der Waals surface area contributed by atoms with Crippen LogP contribution in [0.1, 0.15) is 15.9 Å². The van der Waals surface area contributed by atoms with Crippen LogP contribution in [0.2, 0.25) is 0 Å². The van der Waals surface area contributed by atoms with E-state index in [2.05, 4.69) is 10.5 Å². The predicted octanol–water partition coefficient (Wildman–Crippen LogP) is 3.52. The Labute approximate surface area is 137 Å². The van der Waals surface area contributed by atoms with E-state index < -0.39 is 17.5 Å². The lowest BCUT2D eigenvalue weighted by Gasteiger charge is -2.08. The highest BCUT2D eigenvalue weighted by atomic mass is 19.2. The van der Waals surface area contributed by atoms with Gasteiger partial charge in [0.15, 0.2) is 11.6 Å². The highest BCUT2D eigenvalue weighted by molar-refractivity contribution is 5.98. The van der Waals surface area contributed by atoms with Crippen molar-refractivity contribution >= 4 is 12.1 Å². The quantitative estimate of drug-likeness (QED) is 0.579. The van der Waals surface area contributed by atoms with Crippen molar-refractivity contribution in [2.45, 2.75) is 0 Å². The van der Waals surface area contributed by atoms with Gasteiger partial charge in [-0.3, -0.25) is 4.79 Å². The molecule has 2 aromatic carbocycles. The maximum Gasteiger partial charge on any atom is 0.273 e. The highest BCUT2D eigenvalue weighted by Crippen LogP contribution is 2.14. The van der Waals surface area contributed by atoms with Gasteiger partial charge in [-0.15, -0.1) is 0 Å². The van der Waals surface area contributed by atoms with Crippen LogP contribution in [-0.4, -0.2) is 16.7 Å². The number of benzene rings is 2. The first kappa shape index (κ1) is 15.6. The molecule has 1 amide bonds. The molecule has 24 heavy (non-hydrogen) atoms. The Kier molecular flexibility index (Phi) is 4.47. The van der Waals surface area contributed by atoms with Gasteiger partial charge >= 0.3 is 0 Å². The van der Waals surface area contributed by atoms with E-state index in [0.29, 0.717) is 16.8 Å². The van der Waals surface area contributed by atoms with Gasteiger partial charge in [0, 0.05) is 12.4 Å². The van der Waals surface area contributed by atoms with Gasteiger partial charge in [0.05, 0.1) is 17.5 Å². The van der Waals surface area contributed by atoms with Crippen LogP contribution < -0.4 is 5.43 Å². The third kappa shape index (κ3) is 3.38. The fraction of sp³-hybridized carbons (Fsp3) is 0. The van der Waals surface area contributed by atoms with Gasteiger partial charge in [0.1, 0.15) is 0 Å². The Morgan fingerprint density at radius 3 is 2.50 bits per heavy atom. The van der Waals surface area contributed by atoms with Gasteiger partial charge < -0.3 is 4.57 Å². The van der Waals surface area contributed by atoms with Crippen molar-refractivity contribution in [3.63, 3.8) is 0 Å². The Morgan fingerprint density at radius 2 is 1.75 bits per heavy atom. The van der Waals surface area contributed by atoms with Crippen LogP contribution in [-0.2, 0) is 0 Å². The summed E-state index contributed by atoms with van der Waals surface area (Å²) in [5, 5.41) is 3.79. The van der Waals surface area contributed by atoms with Crippen molar-refractivity contribution in [1.82, 2.24) is 9.99 Å². The molecule has 0 atom stereocenters. The number of aromatic nitrogens is 1. The highest BCUT2D eigenvalue weighted by Gasteiger charge is 2.11. The Hall–Kier alpha value is -3.28. The van der Waals surface area contributed by atoms with Crippen molar-refractivity contribution in [3.8, 4) is 5.69 Å². The summed E-state index contributed by atoms with van der Waals surface area (Å²) in [7, 11) is 0. The van der Waals surface area contributed by atoms with Crippen LogP contribution in [0, 0.1) is 11.6 Å². The number of carbonyl (C=O) groups is 1. The number of rotatable bonds is 4. The second kappa shape index (κ2) is 6.87. The molecule has 0 saturated heterocycles. The molecule has 0 spiro atoms. The second-order valence-electron chi connectivity index (χ2n) is 4.98. The van der Waals surface area contributed by atoms with E-state index in [1.807, 2.05) is 41.2 Å². The molecule has 120 valence electrons. The molecule has 0 aliphatic rings. The van der Waals surface area contributed by atoms with Gasteiger partial charge in [0.25, 0.3) is 5.91 Å². The predicted molar refractivity (Wildman–Crippen MR) is 87.2 cm³/mol. The zero-order valence-corrected chi connectivity index (χ0v) is 12.5. The van der Waals surface area contributed by atoms with Crippen molar-refractivity contribution in [2.24, 2.45) is 5.10 Å². The Morgan fingerprint density at radius 1 is 1.00 bits per heavy atom. The first-order valence-electron chi connectivity index (χ1n) is 7.16. The number of amides is 1. The summed E-state index contributed by atoms with van der Waals surface area (Å²) >= 11 is 0. The van der Waals surface area contributed by atoms with Crippen LogP contribution >= 0.6 is 0 Å². The fourth-order valence-electron chi connectivity index (χ4n) is 2.20. The molecule has 0 unspecified atom stereocenters. The van der Waals surface area contributed by atoms with E-state index in [1.165, 1.54) is 12.3 Å². The molecule has 0 bridgehead atoms. The van der Waals surface area contributed by atoms with Gasteiger partial charge in [0.2, 0.25) is 0 Å². The third-order valence-corrected chi connectivity index (χ3v) is 3.35. The van der Waals surface area contributed by atoms with Crippen LogP contribution in [0.5, 0.6) is 0 Å². The molecule has 0 saturated carbocycles. The topological polar surface area (TPSA) is 46.4 Å². The molecule has 3 rings (SSSR count). The second-order valence-corrected chi connectivity index (χ2v) is 4.98. The summed E-state index contributed by atoms with van der Waals surface area (Å²) in [5.41, 5.74) is 3.88. The lowest BCUT2D eigenvalue weighted by Crippen LogP contribution is -2.19. The number of hydrogen-bond donors (Lipinski definition) is 1. The van der Waals surface area contributed by atoms with Crippen molar-refractivity contribution in [2.75, 3.05) is 0 Å². The molecule has 4 nitrogen and oxygen atoms in total. The molecule has 0 aliphatic heterocycles. The number of halogens is 2. The monoisotopic (exact) mass is 325 g/mol. The van der Waals surface area contributed by atoms with E-state index in [0.717, 1.165) is 12.1 Å². The van der Waals surface area contributed by atoms with Gasteiger partial charge in [-0.1, -0.05) is 18.2 Å². The summed E-state index contributed by atoms with van der Waals surface area (Å²) in [6.07, 6.45) is 4.91. The van der Waals surface area contributed by atoms with E-state index in [4.69, 9.17) is 0 Å². The molecule has 0 aliphatic carbocycles. The molecule has 1 aromatic heterocycles. The number of hydrazone groups is 1. The normalized spacial score (nSPS) is 10.9. The largest absolute Gasteiger partial charge is 0.323 e. The SMILES string of the molecule is O=C(N/N=C\c1ccc(F)c(F)c1)c1ccccc1-n1cccc1. The smallest absolute Gasteiger partial charge is 0.273 e. The van der Waals surface area contributed by atoms with E-state index in [9.17, 15) is 13.6 Å². The summed E-state index contributed by atoms with van der Waals surface area (Å²) in [6, 6.07) is 14.1. The number of carbonyl (C=O) groups excluding carboxylic acids is 1. The van der Waals surface area contributed by atoms with Crippen LogP contribution in [0.15, 0.2) is 72.1 Å². The maximum atomic E-state index is 13.1. The van der Waals surface area contributed by atoms with Gasteiger partial charge in [-0.2, -0.15) is 5.10 Å². The van der Waals surface area contributed by atoms with Gasteiger partial charge in [-0.05, 0) is 42.0 Å². The van der Waals surface area contributed by atoms with Crippen LogP contribution in [0.25, 0.3) is 5.69 Å². The van der Waals surface area contributed by atoms with Crippen LogP contribution in [0.4, 0.5) is 8.78 Å². The molecule has 1 N–H and O–H groups in total. The number of nitrogens with one attached hydrogen (secondary N) is 1. The summed E-state index contributed by atoms with van der Waals surface area (Å²) in [6.45, 7) is 0.